The molecule has 1 aromatic carbocycles. The summed E-state index contributed by atoms with van der Waals surface area (Å²) in [7, 11) is 0. The number of halogens is 1. The fourth-order valence-corrected chi connectivity index (χ4v) is 1.77. The van der Waals surface area contributed by atoms with Gasteiger partial charge < -0.3 is 5.11 Å². The highest BCUT2D eigenvalue weighted by molar-refractivity contribution is 5.37. The molecule has 1 heterocycles. The van der Waals surface area contributed by atoms with E-state index in [1.54, 1.807) is 4.68 Å². The Bertz CT molecular complexity index is 623. The molecule has 0 unspecified atom stereocenters. The van der Waals surface area contributed by atoms with Gasteiger partial charge in [-0.05, 0) is 36.8 Å². The van der Waals surface area contributed by atoms with Crippen LogP contribution in [0.25, 0.3) is 0 Å². The van der Waals surface area contributed by atoms with Crippen molar-refractivity contribution in [3.05, 3.63) is 53.1 Å². The topological polar surface area (TPSA) is 38.0 Å². The van der Waals surface area contributed by atoms with Crippen molar-refractivity contribution in [1.82, 2.24) is 9.78 Å². The van der Waals surface area contributed by atoms with Crippen molar-refractivity contribution in [2.24, 2.45) is 0 Å². The molecule has 1 aromatic heterocycles. The van der Waals surface area contributed by atoms with Gasteiger partial charge >= 0.3 is 0 Å². The molecule has 0 radical (unpaired) electrons. The maximum Gasteiger partial charge on any atom is 0.124 e. The lowest BCUT2D eigenvalue weighted by molar-refractivity contribution is 0.305. The summed E-state index contributed by atoms with van der Waals surface area (Å²) in [5.74, 6) is 5.31. The van der Waals surface area contributed by atoms with Crippen molar-refractivity contribution in [3.63, 3.8) is 0 Å². The molecule has 0 atom stereocenters. The monoisotopic (exact) mass is 258 g/mol. The van der Waals surface area contributed by atoms with Crippen LogP contribution in [0.15, 0.2) is 30.5 Å². The quantitative estimate of drug-likeness (QED) is 0.856. The zero-order valence-electron chi connectivity index (χ0n) is 10.7. The zero-order chi connectivity index (χ0) is 13.7. The Morgan fingerprint density at radius 1 is 1.37 bits per heavy atom. The lowest BCUT2D eigenvalue weighted by Crippen LogP contribution is -2.01. The number of aliphatic hydroxyl groups is 1. The molecule has 19 heavy (non-hydrogen) atoms. The number of rotatable bonds is 3. The number of aryl methyl sites for hydroxylation is 1. The lowest BCUT2D eigenvalue weighted by Gasteiger charge is -2.03. The number of hydrogen-bond donors (Lipinski definition) is 1. The van der Waals surface area contributed by atoms with E-state index in [0.29, 0.717) is 18.5 Å². The van der Waals surface area contributed by atoms with E-state index in [2.05, 4.69) is 16.9 Å². The van der Waals surface area contributed by atoms with Crippen LogP contribution in [0, 0.1) is 24.6 Å². The van der Waals surface area contributed by atoms with Crippen LogP contribution in [0.5, 0.6) is 0 Å². The normalized spacial score (nSPS) is 10.1. The van der Waals surface area contributed by atoms with Crippen molar-refractivity contribution in [2.45, 2.75) is 19.9 Å². The Balaban J connectivity index is 2.19. The number of aromatic nitrogens is 2. The summed E-state index contributed by atoms with van der Waals surface area (Å²) >= 11 is 0. The third-order valence-electron chi connectivity index (χ3n) is 2.55. The Morgan fingerprint density at radius 3 is 2.89 bits per heavy atom. The minimum absolute atomic E-state index is 0.0156. The van der Waals surface area contributed by atoms with E-state index in [-0.39, 0.29) is 12.4 Å². The maximum absolute atomic E-state index is 13.5. The molecule has 0 aliphatic rings. The summed E-state index contributed by atoms with van der Waals surface area (Å²) in [5.41, 5.74) is 2.36. The molecule has 98 valence electrons. The minimum Gasteiger partial charge on any atom is -0.395 e. The Morgan fingerprint density at radius 2 is 2.21 bits per heavy atom. The van der Waals surface area contributed by atoms with Crippen LogP contribution in [-0.4, -0.2) is 21.5 Å². The largest absolute Gasteiger partial charge is 0.395 e. The molecule has 0 aliphatic carbocycles. The highest BCUT2D eigenvalue weighted by atomic mass is 19.1. The average Bonchev–Trinajstić information content (AvgIpc) is 2.74. The summed E-state index contributed by atoms with van der Waals surface area (Å²) in [6.07, 6.45) is 2.25. The van der Waals surface area contributed by atoms with E-state index >= 15 is 0 Å². The first-order chi connectivity index (χ1) is 9.17. The maximum atomic E-state index is 13.5. The van der Waals surface area contributed by atoms with Gasteiger partial charge in [0.25, 0.3) is 0 Å². The van der Waals surface area contributed by atoms with Gasteiger partial charge in [-0.25, -0.2) is 4.39 Å². The molecule has 0 amide bonds. The third-order valence-corrected chi connectivity index (χ3v) is 2.55. The lowest BCUT2D eigenvalue weighted by atomic mass is 10.1. The predicted octanol–water partition coefficient (Wildman–Crippen LogP) is 2.11. The molecule has 0 fully saturated rings. The molecule has 0 spiro atoms. The van der Waals surface area contributed by atoms with Gasteiger partial charge in [0.05, 0.1) is 18.8 Å². The van der Waals surface area contributed by atoms with Crippen molar-refractivity contribution in [3.8, 4) is 11.8 Å². The first-order valence-corrected chi connectivity index (χ1v) is 6.06. The Kier molecular flexibility index (Phi) is 4.32. The Labute approximate surface area is 111 Å². The molecular formula is C15H15FN2O. The standard InChI is InChI=1S/C15H15FN2O/c1-12-5-6-18(17-12)11-14-8-13(4-2-3-7-19)9-15(16)10-14/h5-6,8-10,19H,3,7,11H2,1H3. The van der Waals surface area contributed by atoms with Gasteiger partial charge in [0.1, 0.15) is 5.82 Å². The number of nitrogens with zero attached hydrogens (tertiary/aromatic N) is 2. The van der Waals surface area contributed by atoms with Crippen molar-refractivity contribution in [1.29, 1.82) is 0 Å². The summed E-state index contributed by atoms with van der Waals surface area (Å²) < 4.78 is 15.3. The molecular weight excluding hydrogens is 243 g/mol. The van der Waals surface area contributed by atoms with Crippen LogP contribution >= 0.6 is 0 Å². The average molecular weight is 258 g/mol. The van der Waals surface area contributed by atoms with Crippen LogP contribution in [-0.2, 0) is 6.54 Å². The van der Waals surface area contributed by atoms with Crippen molar-refractivity contribution >= 4 is 0 Å². The Hall–Kier alpha value is -2.12. The zero-order valence-corrected chi connectivity index (χ0v) is 10.7. The number of hydrogen-bond acceptors (Lipinski definition) is 2. The van der Waals surface area contributed by atoms with E-state index in [9.17, 15) is 4.39 Å². The molecule has 0 saturated heterocycles. The van der Waals surface area contributed by atoms with Gasteiger partial charge in [-0.3, -0.25) is 4.68 Å². The van der Waals surface area contributed by atoms with Gasteiger partial charge in [0, 0.05) is 18.2 Å². The van der Waals surface area contributed by atoms with Crippen LogP contribution in [0.2, 0.25) is 0 Å². The fourth-order valence-electron chi connectivity index (χ4n) is 1.77. The molecule has 0 saturated carbocycles. The third kappa shape index (κ3) is 3.94. The van der Waals surface area contributed by atoms with E-state index in [1.165, 1.54) is 12.1 Å². The van der Waals surface area contributed by atoms with Crippen LogP contribution in [0.3, 0.4) is 0 Å². The van der Waals surface area contributed by atoms with Gasteiger partial charge in [0.15, 0.2) is 0 Å². The van der Waals surface area contributed by atoms with E-state index < -0.39 is 0 Å². The molecule has 2 rings (SSSR count). The molecule has 1 N–H and O–H groups in total. The first-order valence-electron chi connectivity index (χ1n) is 6.06. The smallest absolute Gasteiger partial charge is 0.124 e. The molecule has 3 nitrogen and oxygen atoms in total. The summed E-state index contributed by atoms with van der Waals surface area (Å²) in [5, 5.41) is 12.9. The van der Waals surface area contributed by atoms with Gasteiger partial charge in [-0.2, -0.15) is 5.10 Å². The van der Waals surface area contributed by atoms with Crippen LogP contribution in [0.1, 0.15) is 23.2 Å². The number of benzene rings is 1. The summed E-state index contributed by atoms with van der Waals surface area (Å²) in [4.78, 5) is 0. The number of aliphatic hydroxyl groups excluding tert-OH is 1. The van der Waals surface area contributed by atoms with Gasteiger partial charge in [0.2, 0.25) is 0 Å². The SMILES string of the molecule is Cc1ccn(Cc2cc(F)cc(C#CCCO)c2)n1. The van der Waals surface area contributed by atoms with Crippen LogP contribution < -0.4 is 0 Å². The van der Waals surface area contributed by atoms with E-state index in [0.717, 1.165) is 11.3 Å². The van der Waals surface area contributed by atoms with E-state index in [1.807, 2.05) is 25.3 Å². The predicted molar refractivity (Wildman–Crippen MR) is 71.0 cm³/mol. The van der Waals surface area contributed by atoms with Crippen LogP contribution in [0.4, 0.5) is 4.39 Å². The second-order valence-corrected chi connectivity index (χ2v) is 4.28. The summed E-state index contributed by atoms with van der Waals surface area (Å²) in [6.45, 7) is 2.44. The first kappa shape index (κ1) is 13.3. The highest BCUT2D eigenvalue weighted by Gasteiger charge is 2.01. The second-order valence-electron chi connectivity index (χ2n) is 4.28. The molecule has 2 aromatic rings. The highest BCUT2D eigenvalue weighted by Crippen LogP contribution is 2.10. The van der Waals surface area contributed by atoms with Gasteiger partial charge in [-0.1, -0.05) is 11.8 Å². The minimum atomic E-state index is -0.310. The van der Waals surface area contributed by atoms with Crippen molar-refractivity contribution < 1.29 is 9.50 Å². The second kappa shape index (κ2) is 6.17. The fraction of sp³-hybridized carbons (Fsp3) is 0.267. The van der Waals surface area contributed by atoms with E-state index in [4.69, 9.17) is 5.11 Å². The molecule has 0 bridgehead atoms. The summed E-state index contributed by atoms with van der Waals surface area (Å²) in [6, 6.07) is 6.61. The van der Waals surface area contributed by atoms with Gasteiger partial charge in [-0.15, -0.1) is 0 Å². The molecule has 0 aliphatic heterocycles. The van der Waals surface area contributed by atoms with Crippen molar-refractivity contribution in [2.75, 3.05) is 6.61 Å². The molecule has 4 heteroatoms.